The van der Waals surface area contributed by atoms with Crippen LogP contribution < -0.4 is 10.6 Å². The smallest absolute Gasteiger partial charge is 0.130 e. The van der Waals surface area contributed by atoms with E-state index in [4.69, 9.17) is 10.7 Å². The second kappa shape index (κ2) is 5.06. The Balaban J connectivity index is 2.13. The summed E-state index contributed by atoms with van der Waals surface area (Å²) in [5, 5.41) is 12.4. The average Bonchev–Trinajstić information content (AvgIpc) is 3.14. The number of hydrogen-bond donors (Lipinski definition) is 2. The van der Waals surface area contributed by atoms with Crippen LogP contribution in [-0.2, 0) is 13.0 Å². The molecule has 0 radical (unpaired) electrons. The molecule has 6 heteroatoms. The molecule has 4 nitrogen and oxygen atoms in total. The molecule has 22 heavy (non-hydrogen) atoms. The van der Waals surface area contributed by atoms with E-state index in [0.717, 1.165) is 29.7 Å². The monoisotopic (exact) mass is 327 g/mol. The zero-order valence-corrected chi connectivity index (χ0v) is 13.8. The fourth-order valence-electron chi connectivity index (χ4n) is 3.13. The van der Waals surface area contributed by atoms with Gasteiger partial charge in [0, 0.05) is 27.8 Å². The highest BCUT2D eigenvalue weighted by Gasteiger charge is 2.27. The predicted octanol–water partition coefficient (Wildman–Crippen LogP) is 2.05. The van der Waals surface area contributed by atoms with Gasteiger partial charge in [0.1, 0.15) is 22.3 Å². The van der Waals surface area contributed by atoms with Gasteiger partial charge in [0.25, 0.3) is 0 Å². The van der Waals surface area contributed by atoms with Gasteiger partial charge in [-0.3, -0.25) is 0 Å². The molecule has 0 amide bonds. The predicted molar refractivity (Wildman–Crippen MR) is 91.2 cm³/mol. The van der Waals surface area contributed by atoms with Crippen LogP contribution in [0.5, 0.6) is 0 Å². The van der Waals surface area contributed by atoms with Gasteiger partial charge in [0.05, 0.1) is 25.0 Å². The van der Waals surface area contributed by atoms with Crippen LogP contribution in [0.2, 0.25) is 0 Å². The van der Waals surface area contributed by atoms with Gasteiger partial charge in [0.2, 0.25) is 0 Å². The number of nitrogen functional groups attached to an aromatic ring is 1. The maximum Gasteiger partial charge on any atom is 0.130 e. The van der Waals surface area contributed by atoms with Crippen molar-refractivity contribution >= 4 is 38.6 Å². The number of fused-ring (bicyclic) bond motifs is 2. The van der Waals surface area contributed by atoms with E-state index in [1.54, 1.807) is 11.3 Å². The summed E-state index contributed by atoms with van der Waals surface area (Å²) >= 11 is 3.13. The van der Waals surface area contributed by atoms with Crippen molar-refractivity contribution < 1.29 is 4.90 Å². The molecule has 0 spiro atoms. The fraction of sp³-hybridized carbons (Fsp3) is 0.250. The number of anilines is 1. The Kier molecular flexibility index (Phi) is 3.15. The van der Waals surface area contributed by atoms with Gasteiger partial charge in [-0.25, -0.2) is 4.98 Å². The Bertz CT molecular complexity index is 903. The van der Waals surface area contributed by atoms with Crippen LogP contribution in [0.25, 0.3) is 20.7 Å². The normalized spacial score (nSPS) is 17.4. The zero-order valence-electron chi connectivity index (χ0n) is 12.1. The third-order valence-electron chi connectivity index (χ3n) is 4.20. The molecule has 0 bridgehead atoms. The van der Waals surface area contributed by atoms with Gasteiger partial charge < -0.3 is 10.6 Å². The number of likely N-dealkylation sites (N-methyl/N-ethyl adjacent to an activating group) is 1. The summed E-state index contributed by atoms with van der Waals surface area (Å²) in [4.78, 5) is 9.00. The van der Waals surface area contributed by atoms with E-state index in [9.17, 15) is 5.26 Å². The molecule has 1 unspecified atom stereocenters. The van der Waals surface area contributed by atoms with Crippen molar-refractivity contribution in [2.45, 2.75) is 13.0 Å². The number of rotatable bonds is 1. The second-order valence-corrected chi connectivity index (χ2v) is 7.61. The minimum absolute atomic E-state index is 0.573. The summed E-state index contributed by atoms with van der Waals surface area (Å²) in [6, 6.07) is 6.40. The number of nitrogens with one attached hydrogen (secondary N) is 1. The van der Waals surface area contributed by atoms with Crippen molar-refractivity contribution in [3.05, 3.63) is 33.6 Å². The van der Waals surface area contributed by atoms with Gasteiger partial charge in [-0.05, 0) is 11.4 Å². The van der Waals surface area contributed by atoms with E-state index in [1.807, 2.05) is 0 Å². The van der Waals surface area contributed by atoms with Gasteiger partial charge in [-0.1, -0.05) is 6.07 Å². The summed E-state index contributed by atoms with van der Waals surface area (Å²) in [5.41, 5.74) is 10.5. The van der Waals surface area contributed by atoms with Crippen LogP contribution in [-0.4, -0.2) is 18.6 Å². The SMILES string of the molecule is C[NH+]1CCc2nc3sc(C#N)c(N)c3c(-c3cccs3)c2C1. The molecule has 3 aromatic rings. The topological polar surface area (TPSA) is 67.1 Å². The van der Waals surface area contributed by atoms with E-state index in [-0.39, 0.29) is 0 Å². The summed E-state index contributed by atoms with van der Waals surface area (Å²) in [5.74, 6) is 0. The molecule has 1 aliphatic rings. The quantitative estimate of drug-likeness (QED) is 0.719. The number of nitriles is 1. The molecule has 3 N–H and O–H groups in total. The molecular formula is C16H15N4S2+. The van der Waals surface area contributed by atoms with Crippen molar-refractivity contribution in [3.8, 4) is 16.5 Å². The summed E-state index contributed by atoms with van der Waals surface area (Å²) in [6.07, 6.45) is 0.981. The lowest BCUT2D eigenvalue weighted by molar-refractivity contribution is -0.895. The average molecular weight is 327 g/mol. The van der Waals surface area contributed by atoms with Gasteiger partial charge in [-0.15, -0.1) is 22.7 Å². The molecule has 0 fully saturated rings. The van der Waals surface area contributed by atoms with Gasteiger partial charge in [0.15, 0.2) is 0 Å². The summed E-state index contributed by atoms with van der Waals surface area (Å²) < 4.78 is 0. The van der Waals surface area contributed by atoms with E-state index in [0.29, 0.717) is 10.6 Å². The Morgan fingerprint density at radius 2 is 2.32 bits per heavy atom. The van der Waals surface area contributed by atoms with Crippen molar-refractivity contribution in [3.63, 3.8) is 0 Å². The maximum absolute atomic E-state index is 9.30. The van der Waals surface area contributed by atoms with Crippen molar-refractivity contribution in [1.29, 1.82) is 5.26 Å². The molecule has 4 heterocycles. The largest absolute Gasteiger partial charge is 0.396 e. The Hall–Kier alpha value is -1.94. The Labute approximate surface area is 136 Å². The van der Waals surface area contributed by atoms with Crippen LogP contribution in [0.15, 0.2) is 17.5 Å². The molecule has 110 valence electrons. The zero-order chi connectivity index (χ0) is 15.3. The molecular weight excluding hydrogens is 312 g/mol. The first kappa shape index (κ1) is 13.7. The summed E-state index contributed by atoms with van der Waals surface area (Å²) in [7, 11) is 2.21. The van der Waals surface area contributed by atoms with Crippen LogP contribution in [0.3, 0.4) is 0 Å². The van der Waals surface area contributed by atoms with E-state index in [1.165, 1.54) is 37.9 Å². The van der Waals surface area contributed by atoms with Crippen molar-refractivity contribution in [2.75, 3.05) is 19.3 Å². The van der Waals surface area contributed by atoms with Crippen LogP contribution >= 0.6 is 22.7 Å². The molecule has 1 atom stereocenters. The highest BCUT2D eigenvalue weighted by molar-refractivity contribution is 7.20. The van der Waals surface area contributed by atoms with Crippen LogP contribution in [0.4, 0.5) is 5.69 Å². The number of quaternary nitrogens is 1. The molecule has 1 aliphatic heterocycles. The molecule has 0 aliphatic carbocycles. The van der Waals surface area contributed by atoms with Gasteiger partial charge in [-0.2, -0.15) is 5.26 Å². The highest BCUT2D eigenvalue weighted by Crippen LogP contribution is 2.43. The number of thiophene rings is 2. The lowest BCUT2D eigenvalue weighted by Gasteiger charge is -2.24. The highest BCUT2D eigenvalue weighted by atomic mass is 32.1. The van der Waals surface area contributed by atoms with E-state index >= 15 is 0 Å². The third-order valence-corrected chi connectivity index (χ3v) is 6.09. The Morgan fingerprint density at radius 3 is 3.05 bits per heavy atom. The lowest BCUT2D eigenvalue weighted by Crippen LogP contribution is -3.08. The first-order valence-electron chi connectivity index (χ1n) is 7.18. The first-order chi connectivity index (χ1) is 10.7. The molecule has 4 rings (SSSR count). The number of pyridine rings is 1. The minimum Gasteiger partial charge on any atom is -0.396 e. The standard InChI is InChI=1S/C16H14N4S2/c1-20-5-4-10-9(8-20)13(11-3-2-6-21-11)14-15(18)12(7-17)22-16(14)19-10/h2-3,6H,4-5,8,18H2,1H3/p+1. The molecule has 0 aromatic carbocycles. The van der Waals surface area contributed by atoms with Crippen LogP contribution in [0, 0.1) is 11.3 Å². The summed E-state index contributed by atoms with van der Waals surface area (Å²) in [6.45, 7) is 2.06. The third kappa shape index (κ3) is 1.94. The Morgan fingerprint density at radius 1 is 1.45 bits per heavy atom. The van der Waals surface area contributed by atoms with E-state index in [2.05, 4.69) is 30.6 Å². The second-order valence-electron chi connectivity index (χ2n) is 5.66. The minimum atomic E-state index is 0.573. The molecule has 3 aromatic heterocycles. The number of aromatic nitrogens is 1. The number of nitrogens with two attached hydrogens (primary N) is 1. The maximum atomic E-state index is 9.30. The number of nitrogens with zero attached hydrogens (tertiary/aromatic N) is 2. The van der Waals surface area contributed by atoms with Crippen molar-refractivity contribution in [1.82, 2.24) is 4.98 Å². The first-order valence-corrected chi connectivity index (χ1v) is 8.87. The fourth-order valence-corrected chi connectivity index (χ4v) is 4.86. The van der Waals surface area contributed by atoms with Gasteiger partial charge >= 0.3 is 0 Å². The molecule has 0 saturated heterocycles. The molecule has 0 saturated carbocycles. The van der Waals surface area contributed by atoms with Crippen LogP contribution in [0.1, 0.15) is 16.1 Å². The number of hydrogen-bond acceptors (Lipinski definition) is 5. The lowest BCUT2D eigenvalue weighted by atomic mass is 9.96. The van der Waals surface area contributed by atoms with E-state index < -0.39 is 0 Å². The van der Waals surface area contributed by atoms with Crippen molar-refractivity contribution in [2.24, 2.45) is 0 Å².